The van der Waals surface area contributed by atoms with E-state index >= 15 is 0 Å². The summed E-state index contributed by atoms with van der Waals surface area (Å²) >= 11 is 6.29. The molecule has 0 bridgehead atoms. The number of aromatic nitrogens is 2. The first-order chi connectivity index (χ1) is 10.2. The van der Waals surface area contributed by atoms with Crippen molar-refractivity contribution in [3.8, 4) is 5.75 Å². The Kier molecular flexibility index (Phi) is 5.39. The number of Topliss-reactive ketones (excluding diaryl/α,β-unsaturated/α-hetero) is 1. The molecule has 0 N–H and O–H groups in total. The van der Waals surface area contributed by atoms with Crippen LogP contribution in [-0.4, -0.2) is 22.2 Å². The number of benzene rings is 1. The van der Waals surface area contributed by atoms with Crippen LogP contribution in [0.15, 0.2) is 30.3 Å². The first kappa shape index (κ1) is 15.6. The van der Waals surface area contributed by atoms with E-state index in [1.54, 1.807) is 4.68 Å². The molecule has 0 unspecified atom stereocenters. The average Bonchev–Trinajstić information content (AvgIpc) is 2.82. The maximum absolute atomic E-state index is 12.1. The fourth-order valence-corrected chi connectivity index (χ4v) is 2.44. The molecule has 2 aromatic rings. The largest absolute Gasteiger partial charge is 0.486 e. The van der Waals surface area contributed by atoms with Crippen LogP contribution in [-0.2, 0) is 24.2 Å². The molecule has 21 heavy (non-hydrogen) atoms. The molecular weight excluding hydrogens is 288 g/mol. The first-order valence-electron chi connectivity index (χ1n) is 7.09. The number of ketones is 1. The molecule has 112 valence electrons. The Morgan fingerprint density at radius 1 is 1.29 bits per heavy atom. The van der Waals surface area contributed by atoms with Crippen molar-refractivity contribution in [1.29, 1.82) is 0 Å². The number of carbonyl (C=O) groups is 1. The second-order valence-corrected chi connectivity index (χ2v) is 5.07. The zero-order chi connectivity index (χ0) is 15.2. The van der Waals surface area contributed by atoms with Crippen molar-refractivity contribution in [1.82, 2.24) is 9.78 Å². The lowest BCUT2D eigenvalue weighted by atomic mass is 10.2. The second-order valence-electron chi connectivity index (χ2n) is 4.69. The highest BCUT2D eigenvalue weighted by Crippen LogP contribution is 2.22. The number of ether oxygens (including phenoxy) is 1. The van der Waals surface area contributed by atoms with Crippen LogP contribution >= 0.6 is 11.6 Å². The van der Waals surface area contributed by atoms with E-state index in [2.05, 4.69) is 5.10 Å². The van der Waals surface area contributed by atoms with Crippen LogP contribution in [0.5, 0.6) is 5.75 Å². The SMILES string of the molecule is CCc1nn(CC)c(CC(=O)COc2ccccc2)c1Cl. The Morgan fingerprint density at radius 2 is 2.00 bits per heavy atom. The van der Waals surface area contributed by atoms with Gasteiger partial charge in [-0.05, 0) is 25.5 Å². The Morgan fingerprint density at radius 3 is 2.62 bits per heavy atom. The van der Waals surface area contributed by atoms with Gasteiger partial charge in [-0.3, -0.25) is 9.48 Å². The highest BCUT2D eigenvalue weighted by molar-refractivity contribution is 6.32. The van der Waals surface area contributed by atoms with Crippen molar-refractivity contribution in [2.24, 2.45) is 0 Å². The minimum Gasteiger partial charge on any atom is -0.486 e. The number of rotatable bonds is 7. The quantitative estimate of drug-likeness (QED) is 0.788. The number of carbonyl (C=O) groups excluding carboxylic acids is 1. The van der Waals surface area contributed by atoms with Gasteiger partial charge in [-0.25, -0.2) is 0 Å². The number of aryl methyl sites for hydroxylation is 2. The molecule has 1 aromatic heterocycles. The molecule has 0 spiro atoms. The molecule has 1 heterocycles. The smallest absolute Gasteiger partial charge is 0.176 e. The standard InChI is InChI=1S/C16H19ClN2O2/c1-3-14-16(17)15(19(4-2)18-14)10-12(20)11-21-13-8-6-5-7-9-13/h5-9H,3-4,10-11H2,1-2H3. The van der Waals surface area contributed by atoms with Gasteiger partial charge in [0.2, 0.25) is 0 Å². The van der Waals surface area contributed by atoms with Gasteiger partial charge < -0.3 is 4.74 Å². The molecule has 0 atom stereocenters. The fraction of sp³-hybridized carbons (Fsp3) is 0.375. The predicted octanol–water partition coefficient (Wildman–Crippen LogP) is 3.31. The number of nitrogens with zero attached hydrogens (tertiary/aromatic N) is 2. The lowest BCUT2D eigenvalue weighted by Crippen LogP contribution is -2.16. The molecule has 0 aliphatic carbocycles. The van der Waals surface area contributed by atoms with Crippen molar-refractivity contribution in [3.63, 3.8) is 0 Å². The third-order valence-electron chi connectivity index (χ3n) is 3.20. The summed E-state index contributed by atoms with van der Waals surface area (Å²) in [6.45, 7) is 4.72. The van der Waals surface area contributed by atoms with Crippen molar-refractivity contribution in [2.75, 3.05) is 6.61 Å². The third-order valence-corrected chi connectivity index (χ3v) is 3.64. The van der Waals surface area contributed by atoms with E-state index in [-0.39, 0.29) is 18.8 Å². The maximum atomic E-state index is 12.1. The van der Waals surface area contributed by atoms with Crippen molar-refractivity contribution < 1.29 is 9.53 Å². The van der Waals surface area contributed by atoms with E-state index in [0.29, 0.717) is 17.3 Å². The summed E-state index contributed by atoms with van der Waals surface area (Å²) in [6.07, 6.45) is 1.00. The first-order valence-corrected chi connectivity index (χ1v) is 7.47. The summed E-state index contributed by atoms with van der Waals surface area (Å²) in [7, 11) is 0. The minimum atomic E-state index is -0.0157. The number of hydrogen-bond donors (Lipinski definition) is 0. The van der Waals surface area contributed by atoms with Crippen molar-refractivity contribution in [3.05, 3.63) is 46.7 Å². The minimum absolute atomic E-state index is 0.0157. The molecule has 5 heteroatoms. The van der Waals surface area contributed by atoms with Gasteiger partial charge in [-0.2, -0.15) is 5.10 Å². The van der Waals surface area contributed by atoms with Gasteiger partial charge in [-0.15, -0.1) is 0 Å². The predicted molar refractivity (Wildman–Crippen MR) is 82.9 cm³/mol. The zero-order valence-electron chi connectivity index (χ0n) is 12.3. The van der Waals surface area contributed by atoms with Gasteiger partial charge in [-0.1, -0.05) is 36.7 Å². The zero-order valence-corrected chi connectivity index (χ0v) is 13.1. The lowest BCUT2D eigenvalue weighted by Gasteiger charge is -2.07. The molecule has 2 rings (SSSR count). The Bertz CT molecular complexity index is 608. The van der Waals surface area contributed by atoms with E-state index in [1.165, 1.54) is 0 Å². The molecule has 0 radical (unpaired) electrons. The Hall–Kier alpha value is -1.81. The van der Waals surface area contributed by atoms with Gasteiger partial charge >= 0.3 is 0 Å². The normalized spacial score (nSPS) is 10.6. The van der Waals surface area contributed by atoms with Crippen molar-refractivity contribution >= 4 is 17.4 Å². The van der Waals surface area contributed by atoms with Gasteiger partial charge in [0.05, 0.1) is 22.8 Å². The Balaban J connectivity index is 2.01. The molecule has 0 aliphatic heterocycles. The van der Waals surface area contributed by atoms with Crippen LogP contribution in [0, 0.1) is 0 Å². The highest BCUT2D eigenvalue weighted by atomic mass is 35.5. The third kappa shape index (κ3) is 3.85. The Labute approximate surface area is 129 Å². The van der Waals surface area contributed by atoms with Crippen LogP contribution in [0.1, 0.15) is 25.2 Å². The number of halogens is 1. The molecule has 0 amide bonds. The second kappa shape index (κ2) is 7.27. The van der Waals surface area contributed by atoms with Gasteiger partial charge in [0.25, 0.3) is 0 Å². The van der Waals surface area contributed by atoms with E-state index < -0.39 is 0 Å². The van der Waals surface area contributed by atoms with Crippen LogP contribution < -0.4 is 4.74 Å². The molecule has 4 nitrogen and oxygen atoms in total. The average molecular weight is 307 g/mol. The van der Waals surface area contributed by atoms with Crippen molar-refractivity contribution in [2.45, 2.75) is 33.2 Å². The maximum Gasteiger partial charge on any atom is 0.176 e. The molecular formula is C16H19ClN2O2. The fourth-order valence-electron chi connectivity index (χ4n) is 2.10. The highest BCUT2D eigenvalue weighted by Gasteiger charge is 2.17. The number of para-hydroxylation sites is 1. The van der Waals surface area contributed by atoms with Gasteiger partial charge in [0.15, 0.2) is 5.78 Å². The summed E-state index contributed by atoms with van der Waals surface area (Å²) < 4.78 is 7.26. The number of hydrogen-bond acceptors (Lipinski definition) is 3. The van der Waals surface area contributed by atoms with Gasteiger partial charge in [0, 0.05) is 6.54 Å². The van der Waals surface area contributed by atoms with Crippen LogP contribution in [0.4, 0.5) is 0 Å². The van der Waals surface area contributed by atoms with E-state index in [0.717, 1.165) is 17.8 Å². The molecule has 0 fully saturated rings. The summed E-state index contributed by atoms with van der Waals surface area (Å²) in [4.78, 5) is 12.1. The van der Waals surface area contributed by atoms with Crippen LogP contribution in [0.2, 0.25) is 5.02 Å². The van der Waals surface area contributed by atoms with Crippen LogP contribution in [0.25, 0.3) is 0 Å². The monoisotopic (exact) mass is 306 g/mol. The van der Waals surface area contributed by atoms with E-state index in [4.69, 9.17) is 16.3 Å². The molecule has 0 saturated carbocycles. The van der Waals surface area contributed by atoms with E-state index in [1.807, 2.05) is 44.2 Å². The summed E-state index contributed by atoms with van der Waals surface area (Å²) in [5, 5.41) is 5.01. The topological polar surface area (TPSA) is 44.1 Å². The summed E-state index contributed by atoms with van der Waals surface area (Å²) in [6, 6.07) is 9.30. The summed E-state index contributed by atoms with van der Waals surface area (Å²) in [5.41, 5.74) is 1.61. The van der Waals surface area contributed by atoms with Gasteiger partial charge in [0.1, 0.15) is 12.4 Å². The van der Waals surface area contributed by atoms with E-state index in [9.17, 15) is 4.79 Å². The molecule has 0 saturated heterocycles. The van der Waals surface area contributed by atoms with Crippen LogP contribution in [0.3, 0.4) is 0 Å². The molecule has 1 aromatic carbocycles. The molecule has 0 aliphatic rings. The lowest BCUT2D eigenvalue weighted by molar-refractivity contribution is -0.120. The summed E-state index contributed by atoms with van der Waals surface area (Å²) in [5.74, 6) is 0.674.